The molecule has 0 aliphatic heterocycles. The molecular weight excluding hydrogens is 228 g/mol. The summed E-state index contributed by atoms with van der Waals surface area (Å²) in [6, 6.07) is 9.90. The van der Waals surface area contributed by atoms with Crippen molar-refractivity contribution in [3.63, 3.8) is 0 Å². The molecule has 1 aromatic carbocycles. The maximum atomic E-state index is 11.5. The zero-order valence-corrected chi connectivity index (χ0v) is 11.5. The zero-order chi connectivity index (χ0) is 13.5. The summed E-state index contributed by atoms with van der Waals surface area (Å²) in [5, 5.41) is 3.30. The summed E-state index contributed by atoms with van der Waals surface area (Å²) in [5.41, 5.74) is 1.17. The van der Waals surface area contributed by atoms with E-state index in [4.69, 9.17) is 4.74 Å². The molecule has 1 N–H and O–H groups in total. The van der Waals surface area contributed by atoms with Gasteiger partial charge in [-0.3, -0.25) is 10.1 Å². The molecule has 0 saturated heterocycles. The van der Waals surface area contributed by atoms with E-state index in [2.05, 4.69) is 22.3 Å². The highest BCUT2D eigenvalue weighted by Crippen LogP contribution is 2.14. The largest absolute Gasteiger partial charge is 0.468 e. The van der Waals surface area contributed by atoms with Crippen LogP contribution in [-0.4, -0.2) is 44.7 Å². The summed E-state index contributed by atoms with van der Waals surface area (Å²) in [7, 11) is 5.44. The van der Waals surface area contributed by atoms with E-state index in [1.54, 1.807) is 0 Å². The van der Waals surface area contributed by atoms with Gasteiger partial charge in [0.1, 0.15) is 6.04 Å². The average Bonchev–Trinajstić information content (AvgIpc) is 2.37. The van der Waals surface area contributed by atoms with E-state index in [0.717, 1.165) is 6.54 Å². The lowest BCUT2D eigenvalue weighted by Gasteiger charge is -2.25. The molecule has 0 aliphatic rings. The maximum Gasteiger partial charge on any atom is 0.322 e. The lowest BCUT2D eigenvalue weighted by molar-refractivity contribution is -0.142. The van der Waals surface area contributed by atoms with Crippen molar-refractivity contribution in [2.45, 2.75) is 19.0 Å². The van der Waals surface area contributed by atoms with Gasteiger partial charge in [0.25, 0.3) is 0 Å². The van der Waals surface area contributed by atoms with E-state index in [1.807, 2.05) is 39.2 Å². The van der Waals surface area contributed by atoms with Crippen LogP contribution in [0, 0.1) is 0 Å². The van der Waals surface area contributed by atoms with Crippen molar-refractivity contribution in [2.75, 3.05) is 27.7 Å². The van der Waals surface area contributed by atoms with E-state index < -0.39 is 0 Å². The second-order valence-corrected chi connectivity index (χ2v) is 4.64. The Hall–Kier alpha value is -1.39. The number of nitrogens with one attached hydrogen (secondary N) is 1. The predicted octanol–water partition coefficient (Wildman–Crippen LogP) is 1.44. The van der Waals surface area contributed by atoms with Crippen LogP contribution < -0.4 is 5.32 Å². The fourth-order valence-corrected chi connectivity index (χ4v) is 1.85. The van der Waals surface area contributed by atoms with E-state index >= 15 is 0 Å². The Morgan fingerprint density at radius 1 is 1.33 bits per heavy atom. The molecule has 4 heteroatoms. The Bertz CT molecular complexity index is 365. The summed E-state index contributed by atoms with van der Waals surface area (Å²) < 4.78 is 4.74. The van der Waals surface area contributed by atoms with Crippen molar-refractivity contribution in [1.82, 2.24) is 10.2 Å². The Morgan fingerprint density at radius 2 is 1.94 bits per heavy atom. The Labute approximate surface area is 109 Å². The number of methoxy groups -OCH3 is 1. The van der Waals surface area contributed by atoms with Gasteiger partial charge in [-0.05, 0) is 26.6 Å². The topological polar surface area (TPSA) is 41.6 Å². The van der Waals surface area contributed by atoms with Crippen molar-refractivity contribution >= 4 is 5.97 Å². The molecule has 2 atom stereocenters. The smallest absolute Gasteiger partial charge is 0.322 e. The lowest BCUT2D eigenvalue weighted by Crippen LogP contribution is -2.41. The Kier molecular flexibility index (Phi) is 5.82. The van der Waals surface area contributed by atoms with Crippen molar-refractivity contribution in [2.24, 2.45) is 0 Å². The number of hydrogen-bond acceptors (Lipinski definition) is 4. The molecule has 0 heterocycles. The van der Waals surface area contributed by atoms with E-state index in [1.165, 1.54) is 12.7 Å². The third-order valence-electron chi connectivity index (χ3n) is 2.76. The summed E-state index contributed by atoms with van der Waals surface area (Å²) in [6.07, 6.45) is 0. The first kappa shape index (κ1) is 14.7. The summed E-state index contributed by atoms with van der Waals surface area (Å²) >= 11 is 0. The first-order valence-electron chi connectivity index (χ1n) is 6.08. The van der Waals surface area contributed by atoms with Crippen LogP contribution in [0.2, 0.25) is 0 Å². The molecule has 100 valence electrons. The van der Waals surface area contributed by atoms with Gasteiger partial charge >= 0.3 is 5.97 Å². The number of ether oxygens (including phenoxy) is 1. The molecule has 4 nitrogen and oxygen atoms in total. The van der Waals surface area contributed by atoms with Gasteiger partial charge in [-0.25, -0.2) is 0 Å². The van der Waals surface area contributed by atoms with E-state index in [0.29, 0.717) is 0 Å². The van der Waals surface area contributed by atoms with Crippen LogP contribution in [0.4, 0.5) is 0 Å². The number of esters is 1. The van der Waals surface area contributed by atoms with Gasteiger partial charge in [-0.2, -0.15) is 0 Å². The molecule has 2 unspecified atom stereocenters. The number of benzene rings is 1. The van der Waals surface area contributed by atoms with Crippen LogP contribution in [0.1, 0.15) is 18.5 Å². The first-order chi connectivity index (χ1) is 8.54. The van der Waals surface area contributed by atoms with Crippen LogP contribution in [0.5, 0.6) is 0 Å². The van der Waals surface area contributed by atoms with Crippen LogP contribution in [-0.2, 0) is 9.53 Å². The van der Waals surface area contributed by atoms with Crippen LogP contribution in [0.25, 0.3) is 0 Å². The number of nitrogens with zero attached hydrogens (tertiary/aromatic N) is 1. The van der Waals surface area contributed by atoms with Gasteiger partial charge in [0.05, 0.1) is 7.11 Å². The highest BCUT2D eigenvalue weighted by molar-refractivity contribution is 5.75. The fourth-order valence-electron chi connectivity index (χ4n) is 1.85. The van der Waals surface area contributed by atoms with Crippen molar-refractivity contribution in [3.8, 4) is 0 Å². The van der Waals surface area contributed by atoms with E-state index in [-0.39, 0.29) is 18.1 Å². The molecule has 0 spiro atoms. The number of carbonyl (C=O) groups excluding carboxylic acids is 1. The number of likely N-dealkylation sites (N-methyl/N-ethyl adjacent to an activating group) is 1. The Morgan fingerprint density at radius 3 is 2.44 bits per heavy atom. The molecule has 1 aromatic rings. The molecule has 0 fully saturated rings. The van der Waals surface area contributed by atoms with Crippen molar-refractivity contribution < 1.29 is 9.53 Å². The molecule has 0 amide bonds. The van der Waals surface area contributed by atoms with Gasteiger partial charge in [-0.1, -0.05) is 30.3 Å². The first-order valence-corrected chi connectivity index (χ1v) is 6.08. The monoisotopic (exact) mass is 250 g/mol. The number of hydrogen-bond donors (Lipinski definition) is 1. The minimum absolute atomic E-state index is 0.107. The lowest BCUT2D eigenvalue weighted by atomic mass is 10.1. The zero-order valence-electron chi connectivity index (χ0n) is 11.5. The van der Waals surface area contributed by atoms with Gasteiger partial charge in [0.2, 0.25) is 0 Å². The minimum Gasteiger partial charge on any atom is -0.468 e. The van der Waals surface area contributed by atoms with Gasteiger partial charge in [0, 0.05) is 12.6 Å². The van der Waals surface area contributed by atoms with Crippen LogP contribution >= 0.6 is 0 Å². The predicted molar refractivity (Wildman–Crippen MR) is 72.4 cm³/mol. The number of carbonyl (C=O) groups is 1. The van der Waals surface area contributed by atoms with Crippen LogP contribution in [0.15, 0.2) is 30.3 Å². The minimum atomic E-state index is -0.319. The van der Waals surface area contributed by atoms with E-state index in [9.17, 15) is 4.79 Å². The van der Waals surface area contributed by atoms with Gasteiger partial charge in [-0.15, -0.1) is 0 Å². The highest BCUT2D eigenvalue weighted by Gasteiger charge is 2.19. The standard InChI is InChI=1S/C14H22N2O2/c1-11(14(17)18-4)15-13(10-16(2)3)12-8-6-5-7-9-12/h5-9,11,13,15H,10H2,1-4H3. The van der Waals surface area contributed by atoms with Crippen molar-refractivity contribution in [1.29, 1.82) is 0 Å². The second-order valence-electron chi connectivity index (χ2n) is 4.64. The summed E-state index contributed by atoms with van der Waals surface area (Å²) in [5.74, 6) is -0.241. The summed E-state index contributed by atoms with van der Waals surface area (Å²) in [4.78, 5) is 13.6. The molecule has 0 radical (unpaired) electrons. The molecule has 0 bridgehead atoms. The average molecular weight is 250 g/mol. The molecule has 0 aliphatic carbocycles. The third-order valence-corrected chi connectivity index (χ3v) is 2.76. The quantitative estimate of drug-likeness (QED) is 0.776. The van der Waals surface area contributed by atoms with Crippen LogP contribution in [0.3, 0.4) is 0 Å². The normalized spacial score (nSPS) is 14.3. The maximum absolute atomic E-state index is 11.5. The van der Waals surface area contributed by atoms with Gasteiger partial charge < -0.3 is 9.64 Å². The molecule has 0 saturated carbocycles. The molecule has 18 heavy (non-hydrogen) atoms. The number of rotatable bonds is 6. The molecule has 0 aromatic heterocycles. The fraction of sp³-hybridized carbons (Fsp3) is 0.500. The molecule has 1 rings (SSSR count). The Balaban J connectivity index is 2.76. The second kappa shape index (κ2) is 7.13. The SMILES string of the molecule is COC(=O)C(C)NC(CN(C)C)c1ccccc1. The highest BCUT2D eigenvalue weighted by atomic mass is 16.5. The third kappa shape index (κ3) is 4.47. The molecular formula is C14H22N2O2. The van der Waals surface area contributed by atoms with Gasteiger partial charge in [0.15, 0.2) is 0 Å². The van der Waals surface area contributed by atoms with Crippen molar-refractivity contribution in [3.05, 3.63) is 35.9 Å². The summed E-state index contributed by atoms with van der Waals surface area (Å²) in [6.45, 7) is 2.64.